The summed E-state index contributed by atoms with van der Waals surface area (Å²) in [6.45, 7) is 0.668. The molecule has 1 aromatic heterocycles. The molecule has 0 fully saturated rings. The minimum atomic E-state index is 0.146. The van der Waals surface area contributed by atoms with Gasteiger partial charge in [0.25, 0.3) is 0 Å². The van der Waals surface area contributed by atoms with E-state index in [1.165, 1.54) is 11.1 Å². The summed E-state index contributed by atoms with van der Waals surface area (Å²) in [5.74, 6) is 1.53. The van der Waals surface area contributed by atoms with Gasteiger partial charge in [-0.1, -0.05) is 30.3 Å². The first kappa shape index (κ1) is 16.5. The average molecular weight is 346 g/mol. The molecule has 0 saturated carbocycles. The Labute approximate surface area is 153 Å². The normalized spacial score (nSPS) is 13.3. The molecule has 3 aromatic rings. The molecule has 0 amide bonds. The smallest absolute Gasteiger partial charge is 0.163 e. The number of hydrogen-bond acceptors (Lipinski definition) is 4. The third kappa shape index (κ3) is 3.64. The molecule has 1 heterocycles. The molecule has 0 aliphatic heterocycles. The first-order chi connectivity index (χ1) is 12.8. The Kier molecular flexibility index (Phi) is 4.73. The third-order valence-corrected chi connectivity index (χ3v) is 4.67. The molecular formula is C22H22N2O2. The predicted octanol–water partition coefficient (Wildman–Crippen LogP) is 4.25. The lowest BCUT2D eigenvalue weighted by Gasteiger charge is -2.17. The second-order valence-corrected chi connectivity index (χ2v) is 6.46. The Balaban J connectivity index is 1.46. The van der Waals surface area contributed by atoms with E-state index in [1.54, 1.807) is 13.3 Å². The van der Waals surface area contributed by atoms with Gasteiger partial charge in [0, 0.05) is 30.8 Å². The van der Waals surface area contributed by atoms with Gasteiger partial charge in [0.15, 0.2) is 11.5 Å². The third-order valence-electron chi connectivity index (χ3n) is 4.67. The Hall–Kier alpha value is -3.01. The van der Waals surface area contributed by atoms with Gasteiger partial charge in [-0.2, -0.15) is 0 Å². The molecule has 0 bridgehead atoms. The minimum absolute atomic E-state index is 0.146. The monoisotopic (exact) mass is 346 g/mol. The Morgan fingerprint density at radius 2 is 1.73 bits per heavy atom. The SMILES string of the molecule is COc1ccc(NCc2ccccn2)cc1OC1Cc2ccccc2C1. The van der Waals surface area contributed by atoms with Crippen molar-refractivity contribution in [3.63, 3.8) is 0 Å². The van der Waals surface area contributed by atoms with E-state index in [4.69, 9.17) is 9.47 Å². The summed E-state index contributed by atoms with van der Waals surface area (Å²) in [6, 6.07) is 20.4. The second kappa shape index (κ2) is 7.48. The fraction of sp³-hybridized carbons (Fsp3) is 0.227. The molecule has 0 saturated heterocycles. The molecule has 4 nitrogen and oxygen atoms in total. The van der Waals surface area contributed by atoms with Crippen LogP contribution in [0.25, 0.3) is 0 Å². The number of methoxy groups -OCH3 is 1. The molecule has 1 aliphatic rings. The Morgan fingerprint density at radius 1 is 0.962 bits per heavy atom. The van der Waals surface area contributed by atoms with Gasteiger partial charge in [0.1, 0.15) is 6.10 Å². The van der Waals surface area contributed by atoms with Crippen LogP contribution < -0.4 is 14.8 Å². The van der Waals surface area contributed by atoms with Crippen LogP contribution in [0.15, 0.2) is 66.9 Å². The quantitative estimate of drug-likeness (QED) is 0.725. The number of nitrogens with one attached hydrogen (secondary N) is 1. The van der Waals surface area contributed by atoms with Crippen molar-refractivity contribution in [2.45, 2.75) is 25.5 Å². The Morgan fingerprint density at radius 3 is 2.42 bits per heavy atom. The fourth-order valence-electron chi connectivity index (χ4n) is 3.36. The van der Waals surface area contributed by atoms with Crippen molar-refractivity contribution in [2.75, 3.05) is 12.4 Å². The van der Waals surface area contributed by atoms with E-state index in [2.05, 4.69) is 34.6 Å². The van der Waals surface area contributed by atoms with Gasteiger partial charge >= 0.3 is 0 Å². The standard InChI is InChI=1S/C22H22N2O2/c1-25-21-10-9-18(24-15-19-8-4-5-11-23-19)14-22(21)26-20-12-16-6-2-3-7-17(16)13-20/h2-11,14,20,24H,12-13,15H2,1H3. The van der Waals surface area contributed by atoms with Gasteiger partial charge < -0.3 is 14.8 Å². The van der Waals surface area contributed by atoms with E-state index in [0.717, 1.165) is 35.7 Å². The molecule has 4 rings (SSSR count). The van der Waals surface area contributed by atoms with Crippen molar-refractivity contribution in [1.29, 1.82) is 0 Å². The van der Waals surface area contributed by atoms with E-state index in [0.29, 0.717) is 6.54 Å². The number of fused-ring (bicyclic) bond motifs is 1. The highest BCUT2D eigenvalue weighted by molar-refractivity contribution is 5.55. The zero-order valence-electron chi connectivity index (χ0n) is 14.8. The van der Waals surface area contributed by atoms with Crippen molar-refractivity contribution in [1.82, 2.24) is 4.98 Å². The van der Waals surface area contributed by atoms with Gasteiger partial charge in [0.2, 0.25) is 0 Å². The molecule has 0 radical (unpaired) electrons. The number of hydrogen-bond donors (Lipinski definition) is 1. The van der Waals surface area contributed by atoms with Crippen LogP contribution in [0, 0.1) is 0 Å². The zero-order valence-corrected chi connectivity index (χ0v) is 14.8. The molecule has 26 heavy (non-hydrogen) atoms. The second-order valence-electron chi connectivity index (χ2n) is 6.46. The van der Waals surface area contributed by atoms with Crippen molar-refractivity contribution < 1.29 is 9.47 Å². The van der Waals surface area contributed by atoms with Crippen molar-refractivity contribution in [3.05, 3.63) is 83.7 Å². The number of anilines is 1. The number of pyridine rings is 1. The number of rotatable bonds is 6. The summed E-state index contributed by atoms with van der Waals surface area (Å²) >= 11 is 0. The predicted molar refractivity (Wildman–Crippen MR) is 103 cm³/mol. The molecule has 0 unspecified atom stereocenters. The lowest BCUT2D eigenvalue weighted by molar-refractivity contribution is 0.204. The average Bonchev–Trinajstić information content (AvgIpc) is 3.09. The van der Waals surface area contributed by atoms with Gasteiger partial charge in [-0.15, -0.1) is 0 Å². The maximum absolute atomic E-state index is 6.29. The van der Waals surface area contributed by atoms with Crippen LogP contribution in [0.1, 0.15) is 16.8 Å². The molecule has 2 aromatic carbocycles. The number of nitrogens with zero attached hydrogens (tertiary/aromatic N) is 1. The van der Waals surface area contributed by atoms with E-state index < -0.39 is 0 Å². The molecule has 0 atom stereocenters. The van der Waals surface area contributed by atoms with Gasteiger partial charge in [0.05, 0.1) is 19.3 Å². The highest BCUT2D eigenvalue weighted by Crippen LogP contribution is 2.34. The minimum Gasteiger partial charge on any atom is -0.493 e. The van der Waals surface area contributed by atoms with Crippen LogP contribution in [-0.2, 0) is 19.4 Å². The number of benzene rings is 2. The van der Waals surface area contributed by atoms with Gasteiger partial charge in [-0.3, -0.25) is 4.98 Å². The summed E-state index contributed by atoms with van der Waals surface area (Å²) < 4.78 is 11.8. The zero-order chi connectivity index (χ0) is 17.8. The molecular weight excluding hydrogens is 324 g/mol. The van der Waals surface area contributed by atoms with Crippen LogP contribution in [-0.4, -0.2) is 18.2 Å². The first-order valence-electron chi connectivity index (χ1n) is 8.87. The highest BCUT2D eigenvalue weighted by atomic mass is 16.5. The van der Waals surface area contributed by atoms with E-state index >= 15 is 0 Å². The summed E-state index contributed by atoms with van der Waals surface area (Å²) in [5.41, 5.74) is 4.74. The maximum atomic E-state index is 6.29. The lowest BCUT2D eigenvalue weighted by atomic mass is 10.1. The number of ether oxygens (including phenoxy) is 2. The van der Waals surface area contributed by atoms with Crippen molar-refractivity contribution in [3.8, 4) is 11.5 Å². The Bertz CT molecular complexity index is 855. The van der Waals surface area contributed by atoms with Crippen LogP contribution in [0.5, 0.6) is 11.5 Å². The molecule has 132 valence electrons. The summed E-state index contributed by atoms with van der Waals surface area (Å²) in [6.07, 6.45) is 3.82. The van der Waals surface area contributed by atoms with Crippen LogP contribution >= 0.6 is 0 Å². The van der Waals surface area contributed by atoms with Crippen LogP contribution in [0.4, 0.5) is 5.69 Å². The molecule has 1 N–H and O–H groups in total. The first-order valence-corrected chi connectivity index (χ1v) is 8.87. The van der Waals surface area contributed by atoms with Crippen LogP contribution in [0.3, 0.4) is 0 Å². The summed E-state index contributed by atoms with van der Waals surface area (Å²) in [5, 5.41) is 3.40. The van der Waals surface area contributed by atoms with Crippen molar-refractivity contribution in [2.24, 2.45) is 0 Å². The number of aromatic nitrogens is 1. The maximum Gasteiger partial charge on any atom is 0.163 e. The molecule has 4 heteroatoms. The van der Waals surface area contributed by atoms with E-state index in [1.807, 2.05) is 36.4 Å². The van der Waals surface area contributed by atoms with E-state index in [9.17, 15) is 0 Å². The summed E-state index contributed by atoms with van der Waals surface area (Å²) in [7, 11) is 1.67. The fourth-order valence-corrected chi connectivity index (χ4v) is 3.36. The van der Waals surface area contributed by atoms with Gasteiger partial charge in [-0.05, 0) is 35.4 Å². The molecule has 1 aliphatic carbocycles. The highest BCUT2D eigenvalue weighted by Gasteiger charge is 2.23. The van der Waals surface area contributed by atoms with Crippen LogP contribution in [0.2, 0.25) is 0 Å². The lowest BCUT2D eigenvalue weighted by Crippen LogP contribution is -2.17. The topological polar surface area (TPSA) is 43.4 Å². The molecule has 0 spiro atoms. The largest absolute Gasteiger partial charge is 0.493 e. The van der Waals surface area contributed by atoms with Crippen molar-refractivity contribution >= 4 is 5.69 Å². The summed E-state index contributed by atoms with van der Waals surface area (Å²) in [4.78, 5) is 4.34. The van der Waals surface area contributed by atoms with Gasteiger partial charge in [-0.25, -0.2) is 0 Å². The van der Waals surface area contributed by atoms with E-state index in [-0.39, 0.29) is 6.10 Å².